The third kappa shape index (κ3) is 2.96. The molecular formula is C16H15N3O2S. The van der Waals surface area contributed by atoms with Crippen LogP contribution in [0.3, 0.4) is 0 Å². The third-order valence-corrected chi connectivity index (χ3v) is 4.28. The Morgan fingerprint density at radius 2 is 2.27 bits per heavy atom. The minimum Gasteiger partial charge on any atom is -0.423 e. The van der Waals surface area contributed by atoms with E-state index in [0.717, 1.165) is 21.7 Å². The van der Waals surface area contributed by atoms with Crippen LogP contribution in [0.15, 0.2) is 57.6 Å². The lowest BCUT2D eigenvalue weighted by Crippen LogP contribution is -2.01. The average Bonchev–Trinajstić information content (AvgIpc) is 2.92. The molecule has 2 heterocycles. The molecule has 0 aliphatic heterocycles. The zero-order valence-corrected chi connectivity index (χ0v) is 13.0. The van der Waals surface area contributed by atoms with Gasteiger partial charge in [0.25, 0.3) is 0 Å². The summed E-state index contributed by atoms with van der Waals surface area (Å²) >= 11 is 1.54. The minimum atomic E-state index is -0.332. The number of fused-ring (bicyclic) bond motifs is 1. The van der Waals surface area contributed by atoms with Gasteiger partial charge in [-0.15, -0.1) is 16.8 Å². The molecule has 112 valence electrons. The molecule has 0 N–H and O–H groups in total. The number of rotatable bonds is 5. The molecule has 22 heavy (non-hydrogen) atoms. The molecule has 6 heteroatoms. The number of benzene rings is 1. The molecule has 1 aromatic carbocycles. The molecule has 0 saturated heterocycles. The molecule has 0 unspecified atom stereocenters. The molecule has 0 saturated carbocycles. The predicted molar refractivity (Wildman–Crippen MR) is 87.0 cm³/mol. The van der Waals surface area contributed by atoms with Gasteiger partial charge in [0.15, 0.2) is 5.16 Å². The van der Waals surface area contributed by atoms with Crippen LogP contribution in [0.2, 0.25) is 0 Å². The quantitative estimate of drug-likeness (QED) is 0.411. The van der Waals surface area contributed by atoms with Gasteiger partial charge in [-0.1, -0.05) is 30.0 Å². The largest absolute Gasteiger partial charge is 0.423 e. The first-order valence-electron chi connectivity index (χ1n) is 6.82. The molecular weight excluding hydrogens is 298 g/mol. The lowest BCUT2D eigenvalue weighted by molar-refractivity contribution is 0.559. The molecule has 0 bridgehead atoms. The highest BCUT2D eigenvalue weighted by atomic mass is 32.2. The minimum absolute atomic E-state index is 0.332. The van der Waals surface area contributed by atoms with E-state index in [1.807, 2.05) is 29.7 Å². The predicted octanol–water partition coefficient (Wildman–Crippen LogP) is 3.17. The maximum absolute atomic E-state index is 11.7. The second-order valence-corrected chi connectivity index (χ2v) is 5.88. The van der Waals surface area contributed by atoms with Gasteiger partial charge >= 0.3 is 5.63 Å². The monoisotopic (exact) mass is 313 g/mol. The van der Waals surface area contributed by atoms with Crippen molar-refractivity contribution in [2.24, 2.45) is 0 Å². The normalized spacial score (nSPS) is 11.0. The van der Waals surface area contributed by atoms with E-state index in [2.05, 4.69) is 16.8 Å². The fourth-order valence-corrected chi connectivity index (χ4v) is 3.14. The molecule has 0 aliphatic carbocycles. The first kappa shape index (κ1) is 14.6. The van der Waals surface area contributed by atoms with E-state index >= 15 is 0 Å². The van der Waals surface area contributed by atoms with Crippen LogP contribution in [0.4, 0.5) is 0 Å². The van der Waals surface area contributed by atoms with Crippen molar-refractivity contribution < 1.29 is 4.42 Å². The van der Waals surface area contributed by atoms with Crippen LogP contribution in [-0.4, -0.2) is 14.8 Å². The molecule has 5 nitrogen and oxygen atoms in total. The van der Waals surface area contributed by atoms with Gasteiger partial charge in [-0.25, -0.2) is 4.79 Å². The van der Waals surface area contributed by atoms with Gasteiger partial charge in [0.1, 0.15) is 11.9 Å². The van der Waals surface area contributed by atoms with Gasteiger partial charge in [-0.3, -0.25) is 0 Å². The van der Waals surface area contributed by atoms with Crippen molar-refractivity contribution in [2.75, 3.05) is 0 Å². The lowest BCUT2D eigenvalue weighted by atomic mass is 10.1. The summed E-state index contributed by atoms with van der Waals surface area (Å²) in [4.78, 5) is 11.7. The van der Waals surface area contributed by atoms with Crippen LogP contribution in [-0.2, 0) is 12.3 Å². The first-order chi connectivity index (χ1) is 10.7. The van der Waals surface area contributed by atoms with E-state index in [0.29, 0.717) is 17.9 Å². The summed E-state index contributed by atoms with van der Waals surface area (Å²) in [7, 11) is 0. The second-order valence-electron chi connectivity index (χ2n) is 4.93. The van der Waals surface area contributed by atoms with Crippen LogP contribution in [0.25, 0.3) is 11.0 Å². The number of aromatic nitrogens is 3. The van der Waals surface area contributed by atoms with E-state index in [1.165, 1.54) is 11.8 Å². The Bertz CT molecular complexity index is 882. The fraction of sp³-hybridized carbons (Fsp3) is 0.188. The van der Waals surface area contributed by atoms with Crippen molar-refractivity contribution in [1.82, 2.24) is 14.8 Å². The number of allylic oxidation sites excluding steroid dienone is 1. The molecule has 0 radical (unpaired) electrons. The van der Waals surface area contributed by atoms with Gasteiger partial charge in [0.2, 0.25) is 0 Å². The maximum atomic E-state index is 11.7. The first-order valence-corrected chi connectivity index (χ1v) is 7.81. The zero-order chi connectivity index (χ0) is 15.5. The molecule has 0 amide bonds. The van der Waals surface area contributed by atoms with Crippen LogP contribution in [0.1, 0.15) is 11.1 Å². The van der Waals surface area contributed by atoms with Gasteiger partial charge < -0.3 is 8.98 Å². The maximum Gasteiger partial charge on any atom is 0.336 e. The summed E-state index contributed by atoms with van der Waals surface area (Å²) in [6, 6.07) is 7.42. The molecule has 0 aliphatic rings. The Morgan fingerprint density at radius 3 is 3.09 bits per heavy atom. The van der Waals surface area contributed by atoms with Crippen molar-refractivity contribution in [3.63, 3.8) is 0 Å². The smallest absolute Gasteiger partial charge is 0.336 e. The van der Waals surface area contributed by atoms with Crippen LogP contribution >= 0.6 is 11.8 Å². The van der Waals surface area contributed by atoms with E-state index in [9.17, 15) is 4.79 Å². The summed E-state index contributed by atoms with van der Waals surface area (Å²) in [5.74, 6) is 0.626. The summed E-state index contributed by atoms with van der Waals surface area (Å²) in [6.07, 6.45) is 3.47. The number of hydrogen-bond donors (Lipinski definition) is 0. The number of nitrogens with zero attached hydrogens (tertiary/aromatic N) is 3. The highest BCUT2D eigenvalue weighted by molar-refractivity contribution is 7.98. The van der Waals surface area contributed by atoms with Crippen molar-refractivity contribution >= 4 is 22.7 Å². The molecule has 3 aromatic rings. The van der Waals surface area contributed by atoms with E-state index < -0.39 is 0 Å². The van der Waals surface area contributed by atoms with Crippen molar-refractivity contribution in [3.05, 3.63) is 64.8 Å². The fourth-order valence-electron chi connectivity index (χ4n) is 2.22. The summed E-state index contributed by atoms with van der Waals surface area (Å²) < 4.78 is 7.18. The molecule has 0 atom stereocenters. The number of hydrogen-bond acceptors (Lipinski definition) is 5. The van der Waals surface area contributed by atoms with Crippen molar-refractivity contribution in [3.8, 4) is 0 Å². The topological polar surface area (TPSA) is 60.9 Å². The van der Waals surface area contributed by atoms with E-state index in [4.69, 9.17) is 4.42 Å². The van der Waals surface area contributed by atoms with Gasteiger partial charge in [0, 0.05) is 23.8 Å². The standard InChI is InChI=1S/C16H15N3O2S/c1-3-6-19-10-17-18-16(19)22-9-12-8-15(20)21-14-7-11(2)4-5-13(12)14/h3-5,7-8,10H,1,6,9H2,2H3. The summed E-state index contributed by atoms with van der Waals surface area (Å²) in [6.45, 7) is 6.35. The van der Waals surface area contributed by atoms with Crippen LogP contribution in [0, 0.1) is 6.92 Å². The summed E-state index contributed by atoms with van der Waals surface area (Å²) in [5.41, 5.74) is 2.28. The molecule has 2 aromatic heterocycles. The summed E-state index contributed by atoms with van der Waals surface area (Å²) in [5, 5.41) is 9.75. The zero-order valence-electron chi connectivity index (χ0n) is 12.2. The Labute approximate surface area is 131 Å². The molecule has 0 spiro atoms. The van der Waals surface area contributed by atoms with Crippen molar-refractivity contribution in [2.45, 2.75) is 24.4 Å². The SMILES string of the molecule is C=CCn1cnnc1SCc1cc(=O)oc2cc(C)ccc12. The number of thioether (sulfide) groups is 1. The van der Waals surface area contributed by atoms with E-state index in [1.54, 1.807) is 18.5 Å². The van der Waals surface area contributed by atoms with Crippen LogP contribution in [0.5, 0.6) is 0 Å². The third-order valence-electron chi connectivity index (χ3n) is 3.25. The lowest BCUT2D eigenvalue weighted by Gasteiger charge is -2.06. The highest BCUT2D eigenvalue weighted by Gasteiger charge is 2.09. The van der Waals surface area contributed by atoms with Crippen LogP contribution < -0.4 is 5.63 Å². The van der Waals surface area contributed by atoms with Gasteiger partial charge in [0.05, 0.1) is 0 Å². The number of aryl methyl sites for hydroxylation is 1. The molecule has 0 fully saturated rings. The highest BCUT2D eigenvalue weighted by Crippen LogP contribution is 2.25. The van der Waals surface area contributed by atoms with Gasteiger partial charge in [-0.05, 0) is 24.1 Å². The Balaban J connectivity index is 1.92. The average molecular weight is 313 g/mol. The Kier molecular flexibility index (Phi) is 4.11. The molecule has 3 rings (SSSR count). The Morgan fingerprint density at radius 1 is 1.41 bits per heavy atom. The Hall–Kier alpha value is -2.34. The second kappa shape index (κ2) is 6.19. The van der Waals surface area contributed by atoms with Gasteiger partial charge in [-0.2, -0.15) is 0 Å². The van der Waals surface area contributed by atoms with Crippen molar-refractivity contribution in [1.29, 1.82) is 0 Å². The van der Waals surface area contributed by atoms with E-state index in [-0.39, 0.29) is 5.63 Å².